The zero-order valence-corrected chi connectivity index (χ0v) is 15.8. The van der Waals surface area contributed by atoms with Crippen molar-refractivity contribution in [3.63, 3.8) is 0 Å². The van der Waals surface area contributed by atoms with Crippen molar-refractivity contribution < 1.29 is 9.21 Å². The van der Waals surface area contributed by atoms with Crippen molar-refractivity contribution in [3.8, 4) is 11.3 Å². The molecule has 0 radical (unpaired) electrons. The smallest absolute Gasteiger partial charge is 0.289 e. The summed E-state index contributed by atoms with van der Waals surface area (Å²) in [6.45, 7) is 4.11. The number of benzene rings is 2. The van der Waals surface area contributed by atoms with Crippen molar-refractivity contribution >= 4 is 34.6 Å². The summed E-state index contributed by atoms with van der Waals surface area (Å²) in [4.78, 5) is 17.2. The SMILES string of the molecule is Cc1ccc(N=C2NC(=O)S/C2=C\c2ccc(-c3ccccc3)o2)cc1C. The van der Waals surface area contributed by atoms with Crippen LogP contribution in [0.15, 0.2) is 75.0 Å². The maximum Gasteiger partial charge on any atom is 0.289 e. The Balaban J connectivity index is 1.65. The molecule has 5 heteroatoms. The molecule has 2 heterocycles. The fourth-order valence-electron chi connectivity index (χ4n) is 2.75. The minimum absolute atomic E-state index is 0.140. The van der Waals surface area contributed by atoms with E-state index in [1.54, 1.807) is 0 Å². The molecule has 1 aliphatic rings. The molecule has 1 saturated heterocycles. The first kappa shape index (κ1) is 17.4. The fourth-order valence-corrected chi connectivity index (χ4v) is 3.47. The van der Waals surface area contributed by atoms with Gasteiger partial charge in [-0.15, -0.1) is 0 Å². The summed E-state index contributed by atoms with van der Waals surface area (Å²) in [6, 6.07) is 19.7. The Morgan fingerprint density at radius 3 is 2.59 bits per heavy atom. The predicted octanol–water partition coefficient (Wildman–Crippen LogP) is 6.09. The van der Waals surface area contributed by atoms with Gasteiger partial charge < -0.3 is 9.73 Å². The molecule has 0 unspecified atom stereocenters. The number of amidine groups is 1. The molecule has 27 heavy (non-hydrogen) atoms. The number of nitrogens with zero attached hydrogens (tertiary/aromatic N) is 1. The number of thioether (sulfide) groups is 1. The summed E-state index contributed by atoms with van der Waals surface area (Å²) in [7, 11) is 0. The largest absolute Gasteiger partial charge is 0.457 e. The maximum atomic E-state index is 11.9. The highest BCUT2D eigenvalue weighted by Gasteiger charge is 2.24. The molecule has 2 aromatic carbocycles. The van der Waals surface area contributed by atoms with Gasteiger partial charge in [-0.3, -0.25) is 4.79 Å². The lowest BCUT2D eigenvalue weighted by Crippen LogP contribution is -2.18. The van der Waals surface area contributed by atoms with Crippen LogP contribution in [0.4, 0.5) is 10.5 Å². The van der Waals surface area contributed by atoms with E-state index in [1.807, 2.05) is 73.7 Å². The van der Waals surface area contributed by atoms with Gasteiger partial charge in [-0.1, -0.05) is 36.4 Å². The van der Waals surface area contributed by atoms with E-state index in [0.29, 0.717) is 11.6 Å². The van der Waals surface area contributed by atoms with Gasteiger partial charge in [0.25, 0.3) is 5.24 Å². The molecule has 0 atom stereocenters. The van der Waals surface area contributed by atoms with Crippen LogP contribution >= 0.6 is 11.8 Å². The molecule has 0 spiro atoms. The third-order valence-corrected chi connectivity index (χ3v) is 5.16. The molecular weight excluding hydrogens is 356 g/mol. The zero-order valence-electron chi connectivity index (χ0n) is 15.0. The number of furan rings is 1. The van der Waals surface area contributed by atoms with Crippen molar-refractivity contribution in [2.75, 3.05) is 0 Å². The molecule has 0 aliphatic carbocycles. The first-order valence-electron chi connectivity index (χ1n) is 8.60. The molecule has 134 valence electrons. The van der Waals surface area contributed by atoms with Crippen molar-refractivity contribution in [1.82, 2.24) is 5.32 Å². The molecule has 1 aromatic heterocycles. The molecular formula is C22H18N2O2S. The quantitative estimate of drug-likeness (QED) is 0.603. The molecule has 1 amide bonds. The third kappa shape index (κ3) is 3.88. The minimum atomic E-state index is -0.140. The number of aliphatic imine (C=N–C) groups is 1. The van der Waals surface area contributed by atoms with Gasteiger partial charge in [-0.05, 0) is 67.1 Å². The average Bonchev–Trinajstić information content (AvgIpc) is 3.26. The van der Waals surface area contributed by atoms with Gasteiger partial charge in [-0.25, -0.2) is 4.99 Å². The van der Waals surface area contributed by atoms with Crippen LogP contribution in [-0.2, 0) is 0 Å². The second kappa shape index (κ2) is 7.29. The van der Waals surface area contributed by atoms with Crippen LogP contribution in [0.5, 0.6) is 0 Å². The van der Waals surface area contributed by atoms with Crippen LogP contribution in [0.2, 0.25) is 0 Å². The number of carbonyl (C=O) groups is 1. The molecule has 1 fully saturated rings. The Hall–Kier alpha value is -3.05. The van der Waals surface area contributed by atoms with E-state index >= 15 is 0 Å². The highest BCUT2D eigenvalue weighted by Crippen LogP contribution is 2.30. The van der Waals surface area contributed by atoms with Gasteiger partial charge in [0.2, 0.25) is 0 Å². The normalized spacial score (nSPS) is 16.9. The van der Waals surface area contributed by atoms with E-state index in [-0.39, 0.29) is 5.24 Å². The van der Waals surface area contributed by atoms with Crippen molar-refractivity contribution in [2.24, 2.45) is 4.99 Å². The number of amides is 1. The van der Waals surface area contributed by atoms with Crippen molar-refractivity contribution in [2.45, 2.75) is 13.8 Å². The van der Waals surface area contributed by atoms with Gasteiger partial charge in [0.05, 0.1) is 10.6 Å². The molecule has 1 N–H and O–H groups in total. The number of hydrogen-bond donors (Lipinski definition) is 1. The van der Waals surface area contributed by atoms with E-state index < -0.39 is 0 Å². The molecule has 1 aliphatic heterocycles. The van der Waals surface area contributed by atoms with Crippen LogP contribution in [0.3, 0.4) is 0 Å². The van der Waals surface area contributed by atoms with Gasteiger partial charge in [0.15, 0.2) is 0 Å². The Labute approximate surface area is 162 Å². The second-order valence-electron chi connectivity index (χ2n) is 6.32. The Morgan fingerprint density at radius 1 is 1.00 bits per heavy atom. The molecule has 3 aromatic rings. The van der Waals surface area contributed by atoms with Gasteiger partial charge in [0.1, 0.15) is 17.4 Å². The van der Waals surface area contributed by atoms with Gasteiger partial charge in [-0.2, -0.15) is 0 Å². The summed E-state index contributed by atoms with van der Waals surface area (Å²) in [6.07, 6.45) is 1.84. The number of rotatable bonds is 3. The average molecular weight is 374 g/mol. The van der Waals surface area contributed by atoms with E-state index in [1.165, 1.54) is 5.56 Å². The maximum absolute atomic E-state index is 11.9. The van der Waals surface area contributed by atoms with Crippen LogP contribution < -0.4 is 5.32 Å². The summed E-state index contributed by atoms with van der Waals surface area (Å²) >= 11 is 1.12. The van der Waals surface area contributed by atoms with E-state index in [4.69, 9.17) is 4.42 Å². The summed E-state index contributed by atoms with van der Waals surface area (Å²) in [5, 5.41) is 2.67. The number of carbonyl (C=O) groups excluding carboxylic acids is 1. The Kier molecular flexibility index (Phi) is 4.69. The Bertz CT molecular complexity index is 1060. The van der Waals surface area contributed by atoms with Crippen LogP contribution in [0.1, 0.15) is 16.9 Å². The van der Waals surface area contributed by atoms with E-state index in [9.17, 15) is 4.79 Å². The molecule has 4 rings (SSSR count). The number of hydrogen-bond acceptors (Lipinski definition) is 4. The van der Waals surface area contributed by atoms with Crippen LogP contribution in [0, 0.1) is 13.8 Å². The third-order valence-electron chi connectivity index (χ3n) is 4.35. The summed E-state index contributed by atoms with van der Waals surface area (Å²) in [5.41, 5.74) is 4.20. The fraction of sp³-hybridized carbons (Fsp3) is 0.0909. The minimum Gasteiger partial charge on any atom is -0.457 e. The highest BCUT2D eigenvalue weighted by atomic mass is 32.2. The summed E-state index contributed by atoms with van der Waals surface area (Å²) in [5.74, 6) is 2.02. The zero-order chi connectivity index (χ0) is 18.8. The standard InChI is InChI=1S/C22H18N2O2S/c1-14-8-9-17(12-15(14)2)23-21-20(27-22(25)24-21)13-18-10-11-19(26-18)16-6-4-3-5-7-16/h3-13H,1-2H3,(H,23,24,25)/b20-13-. The van der Waals surface area contributed by atoms with Gasteiger partial charge >= 0.3 is 0 Å². The first-order valence-corrected chi connectivity index (χ1v) is 9.42. The van der Waals surface area contributed by atoms with Crippen LogP contribution in [-0.4, -0.2) is 11.1 Å². The predicted molar refractivity (Wildman–Crippen MR) is 111 cm³/mol. The lowest BCUT2D eigenvalue weighted by atomic mass is 10.1. The highest BCUT2D eigenvalue weighted by molar-refractivity contribution is 8.18. The first-order chi connectivity index (χ1) is 13.1. The van der Waals surface area contributed by atoms with Gasteiger partial charge in [0, 0.05) is 5.56 Å². The molecule has 0 bridgehead atoms. The lowest BCUT2D eigenvalue weighted by Gasteiger charge is -2.03. The summed E-state index contributed by atoms with van der Waals surface area (Å²) < 4.78 is 5.92. The number of nitrogens with one attached hydrogen (secondary N) is 1. The Morgan fingerprint density at radius 2 is 1.81 bits per heavy atom. The molecule has 4 nitrogen and oxygen atoms in total. The van der Waals surface area contributed by atoms with E-state index in [0.717, 1.165) is 39.2 Å². The van der Waals surface area contributed by atoms with Crippen molar-refractivity contribution in [3.05, 3.63) is 82.5 Å². The number of aryl methyl sites for hydroxylation is 2. The van der Waals surface area contributed by atoms with Crippen LogP contribution in [0.25, 0.3) is 17.4 Å². The molecule has 0 saturated carbocycles. The monoisotopic (exact) mass is 374 g/mol. The van der Waals surface area contributed by atoms with Crippen molar-refractivity contribution in [1.29, 1.82) is 0 Å². The van der Waals surface area contributed by atoms with E-state index in [2.05, 4.69) is 17.2 Å². The second-order valence-corrected chi connectivity index (χ2v) is 7.33. The topological polar surface area (TPSA) is 54.6 Å². The lowest BCUT2D eigenvalue weighted by molar-refractivity contribution is 0.265.